The Balaban J connectivity index is 1.89. The molecule has 0 saturated carbocycles. The Bertz CT molecular complexity index is 389. The molecule has 1 saturated heterocycles. The maximum atomic E-state index is 5.00. The fourth-order valence-electron chi connectivity index (χ4n) is 2.15. The van der Waals surface area contributed by atoms with Crippen LogP contribution in [0.15, 0.2) is 12.4 Å². The average Bonchev–Trinajstić information content (AvgIpc) is 2.52. The Morgan fingerprint density at radius 2 is 2.05 bits per heavy atom. The smallest absolute Gasteiger partial charge is 0.142 e. The van der Waals surface area contributed by atoms with Crippen molar-refractivity contribution in [1.82, 2.24) is 15.3 Å². The zero-order valence-corrected chi connectivity index (χ0v) is 13.8. The highest BCUT2D eigenvalue weighted by molar-refractivity contribution is 8.06. The number of ether oxygens (including phenoxy) is 1. The summed E-state index contributed by atoms with van der Waals surface area (Å²) in [5.74, 6) is 3.45. The third-order valence-electron chi connectivity index (χ3n) is 3.24. The molecule has 1 aromatic rings. The Morgan fingerprint density at radius 1 is 1.30 bits per heavy atom. The molecule has 0 spiro atoms. The summed E-state index contributed by atoms with van der Waals surface area (Å²) < 4.78 is 5.00. The van der Waals surface area contributed by atoms with Gasteiger partial charge in [-0.3, -0.25) is 0 Å². The molecular formula is C14H23N3OS2. The lowest BCUT2D eigenvalue weighted by Crippen LogP contribution is -2.21. The molecule has 1 aromatic heterocycles. The van der Waals surface area contributed by atoms with Gasteiger partial charge in [-0.1, -0.05) is 6.92 Å². The molecule has 0 bridgehead atoms. The van der Waals surface area contributed by atoms with Crippen LogP contribution in [0.3, 0.4) is 0 Å². The van der Waals surface area contributed by atoms with Gasteiger partial charge in [0.1, 0.15) is 5.82 Å². The number of nitrogens with one attached hydrogen (secondary N) is 1. The van der Waals surface area contributed by atoms with Gasteiger partial charge in [0.05, 0.1) is 11.9 Å². The van der Waals surface area contributed by atoms with Gasteiger partial charge in [-0.2, -0.15) is 11.8 Å². The first-order chi connectivity index (χ1) is 9.85. The van der Waals surface area contributed by atoms with Crippen molar-refractivity contribution in [3.8, 4) is 0 Å². The van der Waals surface area contributed by atoms with E-state index in [0.29, 0.717) is 10.5 Å². The van der Waals surface area contributed by atoms with Crippen LogP contribution in [-0.2, 0) is 11.3 Å². The molecule has 2 atom stereocenters. The molecular weight excluding hydrogens is 290 g/mol. The lowest BCUT2D eigenvalue weighted by atomic mass is 10.2. The molecule has 1 N–H and O–H groups in total. The number of aromatic nitrogens is 2. The van der Waals surface area contributed by atoms with Crippen molar-refractivity contribution in [2.75, 3.05) is 31.8 Å². The quantitative estimate of drug-likeness (QED) is 0.781. The van der Waals surface area contributed by atoms with E-state index < -0.39 is 0 Å². The fourth-order valence-corrected chi connectivity index (χ4v) is 5.16. The molecule has 6 heteroatoms. The van der Waals surface area contributed by atoms with Crippen molar-refractivity contribution in [2.24, 2.45) is 0 Å². The van der Waals surface area contributed by atoms with E-state index in [-0.39, 0.29) is 0 Å². The van der Waals surface area contributed by atoms with Crippen LogP contribution in [0, 0.1) is 0 Å². The number of thioether (sulfide) groups is 2. The van der Waals surface area contributed by atoms with Crippen LogP contribution < -0.4 is 5.32 Å². The zero-order valence-electron chi connectivity index (χ0n) is 12.2. The van der Waals surface area contributed by atoms with Gasteiger partial charge < -0.3 is 10.1 Å². The molecule has 20 heavy (non-hydrogen) atoms. The van der Waals surface area contributed by atoms with Crippen molar-refractivity contribution >= 4 is 23.5 Å². The number of nitrogens with zero attached hydrogens (tertiary/aromatic N) is 2. The summed E-state index contributed by atoms with van der Waals surface area (Å²) in [7, 11) is 1.71. The van der Waals surface area contributed by atoms with Gasteiger partial charge in [-0.15, -0.1) is 11.8 Å². The molecule has 4 nitrogen and oxygen atoms in total. The van der Waals surface area contributed by atoms with Crippen LogP contribution in [0.4, 0.5) is 0 Å². The monoisotopic (exact) mass is 313 g/mol. The highest BCUT2D eigenvalue weighted by Gasteiger charge is 2.28. The standard InChI is InChI=1S/C14H23N3OS2/c1-3-12-13(20-7-6-19-12)14-16-9-11(10-17-14)8-15-4-5-18-2/h9-10,12-13,15H,3-8H2,1-2H3. The molecule has 0 radical (unpaired) electrons. The summed E-state index contributed by atoms with van der Waals surface area (Å²) in [4.78, 5) is 9.17. The first kappa shape index (κ1) is 16.1. The lowest BCUT2D eigenvalue weighted by Gasteiger charge is -2.28. The maximum Gasteiger partial charge on any atom is 0.142 e. The van der Waals surface area contributed by atoms with E-state index in [0.717, 1.165) is 31.1 Å². The minimum Gasteiger partial charge on any atom is -0.383 e. The topological polar surface area (TPSA) is 47.0 Å². The normalized spacial score (nSPS) is 22.9. The average molecular weight is 313 g/mol. The Labute approximate surface area is 129 Å². The molecule has 2 rings (SSSR count). The van der Waals surface area contributed by atoms with E-state index in [1.54, 1.807) is 7.11 Å². The number of hydrogen-bond donors (Lipinski definition) is 1. The largest absolute Gasteiger partial charge is 0.383 e. The van der Waals surface area contributed by atoms with E-state index in [9.17, 15) is 0 Å². The summed E-state index contributed by atoms with van der Waals surface area (Å²) in [5.41, 5.74) is 1.13. The van der Waals surface area contributed by atoms with Crippen molar-refractivity contribution < 1.29 is 4.74 Å². The number of hydrogen-bond acceptors (Lipinski definition) is 6. The predicted molar refractivity (Wildman–Crippen MR) is 87.4 cm³/mol. The molecule has 112 valence electrons. The summed E-state index contributed by atoms with van der Waals surface area (Å²) in [5, 5.41) is 4.41. The Hall–Kier alpha value is -0.300. The summed E-state index contributed by atoms with van der Waals surface area (Å²) in [6.07, 6.45) is 5.09. The van der Waals surface area contributed by atoms with E-state index in [1.165, 1.54) is 17.9 Å². The van der Waals surface area contributed by atoms with Crippen LogP contribution >= 0.6 is 23.5 Å². The second-order valence-electron chi connectivity index (χ2n) is 4.73. The molecule has 1 aliphatic heterocycles. The second-order valence-corrected chi connectivity index (χ2v) is 7.32. The SMILES string of the molecule is CCC1SCCSC1c1ncc(CNCCOC)cn1. The van der Waals surface area contributed by atoms with Crippen LogP contribution in [-0.4, -0.2) is 47.0 Å². The molecule has 2 unspecified atom stereocenters. The molecule has 1 aliphatic rings. The van der Waals surface area contributed by atoms with E-state index in [4.69, 9.17) is 4.74 Å². The Morgan fingerprint density at radius 3 is 2.75 bits per heavy atom. The van der Waals surface area contributed by atoms with Crippen molar-refractivity contribution in [3.63, 3.8) is 0 Å². The molecule has 0 aromatic carbocycles. The Kier molecular flexibility index (Phi) is 7.13. The van der Waals surface area contributed by atoms with E-state index in [1.807, 2.05) is 24.2 Å². The van der Waals surface area contributed by atoms with Gasteiger partial charge in [-0.25, -0.2) is 9.97 Å². The van der Waals surface area contributed by atoms with Gasteiger partial charge >= 0.3 is 0 Å². The van der Waals surface area contributed by atoms with Crippen LogP contribution in [0.1, 0.15) is 30.0 Å². The van der Waals surface area contributed by atoms with Gasteiger partial charge in [-0.05, 0) is 6.42 Å². The highest BCUT2D eigenvalue weighted by atomic mass is 32.2. The third kappa shape index (κ3) is 4.62. The van der Waals surface area contributed by atoms with Crippen LogP contribution in [0.2, 0.25) is 0 Å². The van der Waals surface area contributed by atoms with Gasteiger partial charge in [0.25, 0.3) is 0 Å². The minimum atomic E-state index is 0.453. The molecule has 2 heterocycles. The van der Waals surface area contributed by atoms with Gasteiger partial charge in [0.2, 0.25) is 0 Å². The van der Waals surface area contributed by atoms with Crippen molar-refractivity contribution in [1.29, 1.82) is 0 Å². The maximum absolute atomic E-state index is 5.00. The number of methoxy groups -OCH3 is 1. The molecule has 0 aliphatic carbocycles. The van der Waals surface area contributed by atoms with Gasteiger partial charge in [0.15, 0.2) is 0 Å². The summed E-state index contributed by atoms with van der Waals surface area (Å²) >= 11 is 4.06. The van der Waals surface area contributed by atoms with Crippen LogP contribution in [0.25, 0.3) is 0 Å². The number of rotatable bonds is 7. The van der Waals surface area contributed by atoms with Crippen molar-refractivity contribution in [2.45, 2.75) is 30.4 Å². The molecule has 1 fully saturated rings. The molecule has 0 amide bonds. The summed E-state index contributed by atoms with van der Waals surface area (Å²) in [6, 6.07) is 0. The van der Waals surface area contributed by atoms with Crippen LogP contribution in [0.5, 0.6) is 0 Å². The summed E-state index contributed by atoms with van der Waals surface area (Å²) in [6.45, 7) is 4.64. The predicted octanol–water partition coefficient (Wildman–Crippen LogP) is 2.51. The first-order valence-corrected chi connectivity index (χ1v) is 9.18. The zero-order chi connectivity index (χ0) is 14.2. The minimum absolute atomic E-state index is 0.453. The fraction of sp³-hybridized carbons (Fsp3) is 0.714. The first-order valence-electron chi connectivity index (χ1n) is 7.08. The van der Waals surface area contributed by atoms with Crippen molar-refractivity contribution in [3.05, 3.63) is 23.8 Å². The van der Waals surface area contributed by atoms with E-state index >= 15 is 0 Å². The lowest BCUT2D eigenvalue weighted by molar-refractivity contribution is 0.199. The third-order valence-corrected chi connectivity index (χ3v) is 6.49. The second kappa shape index (κ2) is 8.87. The van der Waals surface area contributed by atoms with E-state index in [2.05, 4.69) is 34.0 Å². The van der Waals surface area contributed by atoms with Gasteiger partial charge in [0, 0.05) is 54.9 Å². The highest BCUT2D eigenvalue weighted by Crippen LogP contribution is 2.42.